The lowest BCUT2D eigenvalue weighted by molar-refractivity contribution is -0.384. The smallest absolute Gasteiger partial charge is 0.280 e. The molecule has 0 amide bonds. The number of nitro benzene ring substituents is 1. The van der Waals surface area contributed by atoms with Crippen LogP contribution in [0.4, 0.5) is 5.69 Å². The second-order valence-corrected chi connectivity index (χ2v) is 5.63. The normalized spacial score (nSPS) is 18.4. The van der Waals surface area contributed by atoms with Crippen molar-refractivity contribution in [2.45, 2.75) is 19.5 Å². The van der Waals surface area contributed by atoms with E-state index in [1.54, 1.807) is 18.2 Å². The second kappa shape index (κ2) is 7.59. The molecule has 2 heterocycles. The first-order valence-corrected chi connectivity index (χ1v) is 7.42. The first-order valence-electron chi connectivity index (χ1n) is 7.42. The molecule has 0 bridgehead atoms. The monoisotopic (exact) mass is 337 g/mol. The molecule has 124 valence electrons. The van der Waals surface area contributed by atoms with Crippen molar-refractivity contribution in [2.24, 2.45) is 0 Å². The summed E-state index contributed by atoms with van der Waals surface area (Å²) < 4.78 is 5.83. The van der Waals surface area contributed by atoms with Gasteiger partial charge in [-0.2, -0.15) is 0 Å². The minimum Gasteiger partial charge on any atom is -0.459 e. The van der Waals surface area contributed by atoms with E-state index >= 15 is 0 Å². The Kier molecular flexibility index (Phi) is 5.76. The minimum atomic E-state index is -0.379. The van der Waals surface area contributed by atoms with Crippen molar-refractivity contribution in [1.82, 2.24) is 10.2 Å². The van der Waals surface area contributed by atoms with Crippen molar-refractivity contribution >= 4 is 18.1 Å². The molecule has 1 aromatic carbocycles. The van der Waals surface area contributed by atoms with Gasteiger partial charge in [-0.25, -0.2) is 0 Å². The highest BCUT2D eigenvalue weighted by Gasteiger charge is 2.19. The summed E-state index contributed by atoms with van der Waals surface area (Å²) >= 11 is 0. The molecule has 6 nitrogen and oxygen atoms in total. The predicted octanol–water partition coefficient (Wildman–Crippen LogP) is 3.07. The SMILES string of the molecule is C[C@@H]1CN(Cc2ccc(-c3ccccc3[N+](=O)[O-])o2)CCN1.Cl. The molecular formula is C16H20ClN3O3. The van der Waals surface area contributed by atoms with Crippen LogP contribution < -0.4 is 5.32 Å². The molecule has 1 atom stereocenters. The maximum atomic E-state index is 11.1. The average molecular weight is 338 g/mol. The Morgan fingerprint density at radius 3 is 2.87 bits per heavy atom. The fourth-order valence-corrected chi connectivity index (χ4v) is 2.83. The van der Waals surface area contributed by atoms with Gasteiger partial charge in [0.25, 0.3) is 5.69 Å². The van der Waals surface area contributed by atoms with Gasteiger partial charge in [-0.3, -0.25) is 15.0 Å². The summed E-state index contributed by atoms with van der Waals surface area (Å²) in [6.07, 6.45) is 0. The van der Waals surface area contributed by atoms with Gasteiger partial charge in [0, 0.05) is 31.7 Å². The molecule has 1 saturated heterocycles. The molecule has 0 saturated carbocycles. The van der Waals surface area contributed by atoms with Crippen LogP contribution in [0, 0.1) is 10.1 Å². The number of nitro groups is 1. The fourth-order valence-electron chi connectivity index (χ4n) is 2.83. The highest BCUT2D eigenvalue weighted by Crippen LogP contribution is 2.31. The topological polar surface area (TPSA) is 71.5 Å². The van der Waals surface area contributed by atoms with Gasteiger partial charge in [0.2, 0.25) is 0 Å². The van der Waals surface area contributed by atoms with E-state index in [1.807, 2.05) is 12.1 Å². The van der Waals surface area contributed by atoms with Gasteiger partial charge >= 0.3 is 0 Å². The molecule has 1 aromatic heterocycles. The van der Waals surface area contributed by atoms with Crippen LogP contribution in [-0.2, 0) is 6.54 Å². The number of benzene rings is 1. The van der Waals surface area contributed by atoms with Gasteiger partial charge in [0.1, 0.15) is 11.5 Å². The number of hydrogen-bond acceptors (Lipinski definition) is 5. The zero-order valence-corrected chi connectivity index (χ0v) is 13.7. The Hall–Kier alpha value is -1.89. The predicted molar refractivity (Wildman–Crippen MR) is 90.8 cm³/mol. The van der Waals surface area contributed by atoms with E-state index in [2.05, 4.69) is 17.1 Å². The number of nitrogens with one attached hydrogen (secondary N) is 1. The van der Waals surface area contributed by atoms with E-state index in [4.69, 9.17) is 4.42 Å². The Morgan fingerprint density at radius 1 is 1.35 bits per heavy atom. The first kappa shape index (κ1) is 17.5. The minimum absolute atomic E-state index is 0. The second-order valence-electron chi connectivity index (χ2n) is 5.63. The molecule has 0 aliphatic carbocycles. The van der Waals surface area contributed by atoms with E-state index in [-0.39, 0.29) is 23.0 Å². The summed E-state index contributed by atoms with van der Waals surface area (Å²) in [4.78, 5) is 13.0. The Bertz CT molecular complexity index is 674. The van der Waals surface area contributed by atoms with Crippen molar-refractivity contribution in [3.63, 3.8) is 0 Å². The van der Waals surface area contributed by atoms with Crippen LogP contribution in [-0.4, -0.2) is 35.5 Å². The molecule has 1 aliphatic rings. The highest BCUT2D eigenvalue weighted by molar-refractivity contribution is 5.85. The lowest BCUT2D eigenvalue weighted by atomic mass is 10.1. The van der Waals surface area contributed by atoms with Gasteiger partial charge in [-0.1, -0.05) is 12.1 Å². The van der Waals surface area contributed by atoms with Gasteiger partial charge in [0.05, 0.1) is 17.0 Å². The Labute approximate surface area is 141 Å². The van der Waals surface area contributed by atoms with E-state index < -0.39 is 0 Å². The molecule has 1 aliphatic heterocycles. The van der Waals surface area contributed by atoms with Crippen LogP contribution in [0.5, 0.6) is 0 Å². The summed E-state index contributed by atoms with van der Waals surface area (Å²) in [6.45, 7) is 5.81. The van der Waals surface area contributed by atoms with E-state index in [1.165, 1.54) is 6.07 Å². The van der Waals surface area contributed by atoms with Crippen molar-refractivity contribution in [2.75, 3.05) is 19.6 Å². The van der Waals surface area contributed by atoms with Crippen molar-refractivity contribution in [3.05, 3.63) is 52.3 Å². The molecule has 0 radical (unpaired) electrons. The number of halogens is 1. The summed E-state index contributed by atoms with van der Waals surface area (Å²) in [7, 11) is 0. The molecule has 0 spiro atoms. The van der Waals surface area contributed by atoms with Crippen LogP contribution in [0.15, 0.2) is 40.8 Å². The van der Waals surface area contributed by atoms with Crippen LogP contribution >= 0.6 is 12.4 Å². The largest absolute Gasteiger partial charge is 0.459 e. The van der Waals surface area contributed by atoms with Crippen molar-refractivity contribution < 1.29 is 9.34 Å². The lowest BCUT2D eigenvalue weighted by Crippen LogP contribution is -2.48. The summed E-state index contributed by atoms with van der Waals surface area (Å²) in [5, 5.41) is 14.5. The quantitative estimate of drug-likeness (QED) is 0.685. The summed E-state index contributed by atoms with van der Waals surface area (Å²) in [6, 6.07) is 10.8. The Morgan fingerprint density at radius 2 is 2.13 bits per heavy atom. The third kappa shape index (κ3) is 4.10. The van der Waals surface area contributed by atoms with Crippen LogP contribution in [0.3, 0.4) is 0 Å². The number of para-hydroxylation sites is 1. The van der Waals surface area contributed by atoms with Gasteiger partial charge < -0.3 is 9.73 Å². The van der Waals surface area contributed by atoms with E-state index in [0.29, 0.717) is 17.4 Å². The standard InChI is InChI=1S/C16H19N3O3.ClH/c1-12-10-18(9-8-17-12)11-13-6-7-16(22-13)14-4-2-3-5-15(14)19(20)21;/h2-7,12,17H,8-11H2,1H3;1H/t12-;/m1./s1. The third-order valence-corrected chi connectivity index (χ3v) is 3.86. The zero-order valence-electron chi connectivity index (χ0n) is 12.9. The maximum Gasteiger partial charge on any atom is 0.280 e. The molecule has 3 rings (SSSR count). The zero-order chi connectivity index (χ0) is 15.5. The number of piperazine rings is 1. The molecule has 1 N–H and O–H groups in total. The molecule has 2 aromatic rings. The highest BCUT2D eigenvalue weighted by atomic mass is 35.5. The molecule has 0 unspecified atom stereocenters. The summed E-state index contributed by atoms with van der Waals surface area (Å²) in [5.41, 5.74) is 0.589. The molecular weight excluding hydrogens is 318 g/mol. The Balaban J connectivity index is 0.00000192. The maximum absolute atomic E-state index is 11.1. The fraction of sp³-hybridized carbons (Fsp3) is 0.375. The van der Waals surface area contributed by atoms with Crippen LogP contribution in [0.2, 0.25) is 0 Å². The van der Waals surface area contributed by atoms with E-state index in [9.17, 15) is 10.1 Å². The molecule has 1 fully saturated rings. The van der Waals surface area contributed by atoms with Crippen molar-refractivity contribution in [1.29, 1.82) is 0 Å². The summed E-state index contributed by atoms with van der Waals surface area (Å²) in [5.74, 6) is 1.38. The number of furan rings is 1. The molecule has 7 heteroatoms. The molecule has 23 heavy (non-hydrogen) atoms. The number of rotatable bonds is 4. The van der Waals surface area contributed by atoms with Gasteiger partial charge in [-0.15, -0.1) is 12.4 Å². The van der Waals surface area contributed by atoms with Gasteiger partial charge in [0.15, 0.2) is 0 Å². The van der Waals surface area contributed by atoms with Crippen LogP contribution in [0.25, 0.3) is 11.3 Å². The third-order valence-electron chi connectivity index (χ3n) is 3.86. The average Bonchev–Trinajstić information content (AvgIpc) is 2.95. The van der Waals surface area contributed by atoms with Gasteiger partial charge in [-0.05, 0) is 25.1 Å². The number of hydrogen-bond donors (Lipinski definition) is 1. The van der Waals surface area contributed by atoms with Crippen molar-refractivity contribution in [3.8, 4) is 11.3 Å². The lowest BCUT2D eigenvalue weighted by Gasteiger charge is -2.31. The van der Waals surface area contributed by atoms with Crippen LogP contribution in [0.1, 0.15) is 12.7 Å². The number of nitrogens with zero attached hydrogens (tertiary/aromatic N) is 2. The van der Waals surface area contributed by atoms with E-state index in [0.717, 1.165) is 31.9 Å². The first-order chi connectivity index (χ1) is 10.6.